The van der Waals surface area contributed by atoms with Gasteiger partial charge in [0.25, 0.3) is 5.91 Å². The normalized spacial score (nSPS) is 21.0. The van der Waals surface area contributed by atoms with Gasteiger partial charge in [-0.1, -0.05) is 6.07 Å². The number of morpholine rings is 1. The Kier molecular flexibility index (Phi) is 4.52. The molecule has 1 amide bonds. The summed E-state index contributed by atoms with van der Waals surface area (Å²) in [7, 11) is 0. The maximum atomic E-state index is 12.3. The molecule has 1 fully saturated rings. The number of rotatable bonds is 3. The number of hydrogen-bond donors (Lipinski definition) is 1. The number of nitrogens with zero attached hydrogens (tertiary/aromatic N) is 3. The van der Waals surface area contributed by atoms with Crippen LogP contribution in [0.4, 0.5) is 11.5 Å². The molecule has 2 aromatic heterocycles. The lowest BCUT2D eigenvalue weighted by Crippen LogP contribution is -2.45. The Morgan fingerprint density at radius 1 is 1.17 bits per heavy atom. The van der Waals surface area contributed by atoms with Gasteiger partial charge in [-0.2, -0.15) is 0 Å². The lowest BCUT2D eigenvalue weighted by Gasteiger charge is -2.36. The Balaban J connectivity index is 1.75. The van der Waals surface area contributed by atoms with Crippen molar-refractivity contribution in [3.05, 3.63) is 48.4 Å². The number of amides is 1. The first-order valence-corrected chi connectivity index (χ1v) is 7.70. The molecular weight excluding hydrogens is 292 g/mol. The Morgan fingerprint density at radius 3 is 2.65 bits per heavy atom. The minimum atomic E-state index is -0.264. The molecule has 1 saturated heterocycles. The van der Waals surface area contributed by atoms with E-state index in [1.54, 1.807) is 24.5 Å². The van der Waals surface area contributed by atoms with E-state index < -0.39 is 0 Å². The molecule has 1 aliphatic rings. The van der Waals surface area contributed by atoms with E-state index in [-0.39, 0.29) is 18.1 Å². The molecule has 0 unspecified atom stereocenters. The van der Waals surface area contributed by atoms with Gasteiger partial charge in [0.05, 0.1) is 12.2 Å². The van der Waals surface area contributed by atoms with Crippen molar-refractivity contribution in [2.75, 3.05) is 23.3 Å². The first kappa shape index (κ1) is 15.4. The molecule has 6 heteroatoms. The quantitative estimate of drug-likeness (QED) is 0.942. The molecule has 0 radical (unpaired) electrons. The predicted octanol–water partition coefficient (Wildman–Crippen LogP) is 2.34. The second-order valence-electron chi connectivity index (χ2n) is 5.73. The van der Waals surface area contributed by atoms with Crippen molar-refractivity contribution in [2.45, 2.75) is 26.1 Å². The van der Waals surface area contributed by atoms with E-state index in [4.69, 9.17) is 4.74 Å². The van der Waals surface area contributed by atoms with Gasteiger partial charge in [-0.15, -0.1) is 0 Å². The smallest absolute Gasteiger partial charge is 0.275 e. The SMILES string of the molecule is C[C@@H]1CN(c2ccnc(C(=O)Nc3ccccn3)c2)C[C@H](C)O1. The van der Waals surface area contributed by atoms with Crippen LogP contribution in [0.25, 0.3) is 0 Å². The Labute approximate surface area is 135 Å². The van der Waals surface area contributed by atoms with Gasteiger partial charge in [0.1, 0.15) is 11.5 Å². The van der Waals surface area contributed by atoms with Crippen molar-refractivity contribution in [2.24, 2.45) is 0 Å². The molecule has 0 bridgehead atoms. The fourth-order valence-corrected chi connectivity index (χ4v) is 2.75. The van der Waals surface area contributed by atoms with Gasteiger partial charge in [-0.05, 0) is 38.1 Å². The highest BCUT2D eigenvalue weighted by Gasteiger charge is 2.23. The van der Waals surface area contributed by atoms with Crippen LogP contribution >= 0.6 is 0 Å². The van der Waals surface area contributed by atoms with Gasteiger partial charge in [-0.25, -0.2) is 4.98 Å². The lowest BCUT2D eigenvalue weighted by molar-refractivity contribution is -0.00522. The van der Waals surface area contributed by atoms with Crippen molar-refractivity contribution in [1.29, 1.82) is 0 Å². The van der Waals surface area contributed by atoms with Crippen LogP contribution in [0.1, 0.15) is 24.3 Å². The van der Waals surface area contributed by atoms with Gasteiger partial charge < -0.3 is 15.0 Å². The largest absolute Gasteiger partial charge is 0.372 e. The summed E-state index contributed by atoms with van der Waals surface area (Å²) >= 11 is 0. The van der Waals surface area contributed by atoms with Crippen LogP contribution in [-0.2, 0) is 4.74 Å². The Bertz CT molecular complexity index is 667. The van der Waals surface area contributed by atoms with Gasteiger partial charge in [0, 0.05) is 31.2 Å². The zero-order valence-corrected chi connectivity index (χ0v) is 13.3. The summed E-state index contributed by atoms with van der Waals surface area (Å²) in [6.45, 7) is 5.71. The van der Waals surface area contributed by atoms with E-state index in [2.05, 4.69) is 34.0 Å². The van der Waals surface area contributed by atoms with Crippen LogP contribution in [0.15, 0.2) is 42.7 Å². The lowest BCUT2D eigenvalue weighted by atomic mass is 10.2. The predicted molar refractivity (Wildman–Crippen MR) is 88.6 cm³/mol. The third kappa shape index (κ3) is 3.84. The van der Waals surface area contributed by atoms with Crippen molar-refractivity contribution < 1.29 is 9.53 Å². The molecule has 2 atom stereocenters. The van der Waals surface area contributed by atoms with Crippen LogP contribution in [0.2, 0.25) is 0 Å². The minimum Gasteiger partial charge on any atom is -0.372 e. The van der Waals surface area contributed by atoms with Gasteiger partial charge in [0.2, 0.25) is 0 Å². The van der Waals surface area contributed by atoms with Gasteiger partial charge in [-0.3, -0.25) is 9.78 Å². The number of aromatic nitrogens is 2. The number of ether oxygens (including phenoxy) is 1. The Hall–Kier alpha value is -2.47. The molecule has 0 aromatic carbocycles. The molecular formula is C17H20N4O2. The van der Waals surface area contributed by atoms with E-state index in [1.807, 2.05) is 18.2 Å². The molecule has 0 aliphatic carbocycles. The van der Waals surface area contributed by atoms with Crippen LogP contribution in [0, 0.1) is 0 Å². The summed E-state index contributed by atoms with van der Waals surface area (Å²) in [6, 6.07) is 9.09. The van der Waals surface area contributed by atoms with Crippen LogP contribution in [0.3, 0.4) is 0 Å². The number of nitrogens with one attached hydrogen (secondary N) is 1. The molecule has 1 aliphatic heterocycles. The first-order valence-electron chi connectivity index (χ1n) is 7.70. The van der Waals surface area contributed by atoms with Crippen LogP contribution in [-0.4, -0.2) is 41.2 Å². The third-order valence-electron chi connectivity index (χ3n) is 3.67. The average Bonchev–Trinajstić information content (AvgIpc) is 2.55. The number of pyridine rings is 2. The number of hydrogen-bond acceptors (Lipinski definition) is 5. The first-order chi connectivity index (χ1) is 11.1. The molecule has 23 heavy (non-hydrogen) atoms. The zero-order chi connectivity index (χ0) is 16.2. The summed E-state index contributed by atoms with van der Waals surface area (Å²) in [5, 5.41) is 2.75. The molecule has 2 aromatic rings. The highest BCUT2D eigenvalue weighted by atomic mass is 16.5. The monoisotopic (exact) mass is 312 g/mol. The minimum absolute atomic E-state index is 0.165. The van der Waals surface area contributed by atoms with Crippen LogP contribution < -0.4 is 10.2 Å². The topological polar surface area (TPSA) is 67.4 Å². The third-order valence-corrected chi connectivity index (χ3v) is 3.67. The second kappa shape index (κ2) is 6.75. The molecule has 0 saturated carbocycles. The van der Waals surface area contributed by atoms with E-state index in [9.17, 15) is 4.79 Å². The highest BCUT2D eigenvalue weighted by molar-refractivity contribution is 6.02. The second-order valence-corrected chi connectivity index (χ2v) is 5.73. The van der Waals surface area contributed by atoms with Crippen molar-refractivity contribution >= 4 is 17.4 Å². The fraction of sp³-hybridized carbons (Fsp3) is 0.353. The fourth-order valence-electron chi connectivity index (χ4n) is 2.75. The van der Waals surface area contributed by atoms with Crippen molar-refractivity contribution in [3.63, 3.8) is 0 Å². The van der Waals surface area contributed by atoms with Crippen molar-refractivity contribution in [3.8, 4) is 0 Å². The Morgan fingerprint density at radius 2 is 1.96 bits per heavy atom. The molecule has 3 rings (SSSR count). The average molecular weight is 312 g/mol. The standard InChI is InChI=1S/C17H20N4O2/c1-12-10-21(11-13(2)23-12)14-6-8-18-15(9-14)17(22)20-16-5-3-4-7-19-16/h3-9,12-13H,10-11H2,1-2H3,(H,19,20,22)/t12-,13+. The molecule has 1 N–H and O–H groups in total. The molecule has 0 spiro atoms. The number of anilines is 2. The van der Waals surface area contributed by atoms with Gasteiger partial charge in [0.15, 0.2) is 0 Å². The van der Waals surface area contributed by atoms with E-state index in [0.717, 1.165) is 18.8 Å². The van der Waals surface area contributed by atoms with Gasteiger partial charge >= 0.3 is 0 Å². The van der Waals surface area contributed by atoms with Crippen LogP contribution in [0.5, 0.6) is 0 Å². The van der Waals surface area contributed by atoms with E-state index >= 15 is 0 Å². The zero-order valence-electron chi connectivity index (χ0n) is 13.3. The molecule has 3 heterocycles. The van der Waals surface area contributed by atoms with E-state index in [0.29, 0.717) is 11.5 Å². The summed E-state index contributed by atoms with van der Waals surface area (Å²) in [6.07, 6.45) is 3.62. The maximum absolute atomic E-state index is 12.3. The summed E-state index contributed by atoms with van der Waals surface area (Å²) in [5.74, 6) is 0.248. The summed E-state index contributed by atoms with van der Waals surface area (Å²) < 4.78 is 5.75. The summed E-state index contributed by atoms with van der Waals surface area (Å²) in [5.41, 5.74) is 1.35. The van der Waals surface area contributed by atoms with Crippen molar-refractivity contribution in [1.82, 2.24) is 9.97 Å². The highest BCUT2D eigenvalue weighted by Crippen LogP contribution is 2.20. The number of carbonyl (C=O) groups excluding carboxylic acids is 1. The molecule has 6 nitrogen and oxygen atoms in total. The summed E-state index contributed by atoms with van der Waals surface area (Å²) in [4.78, 5) is 22.8. The molecule has 120 valence electrons. The number of carbonyl (C=O) groups is 1. The maximum Gasteiger partial charge on any atom is 0.275 e. The van der Waals surface area contributed by atoms with E-state index in [1.165, 1.54) is 0 Å².